The predicted molar refractivity (Wildman–Crippen MR) is 164 cm³/mol. The average Bonchev–Trinajstić information content (AvgIpc) is 3.25. The summed E-state index contributed by atoms with van der Waals surface area (Å²) in [6.07, 6.45) is 5.28. The summed E-state index contributed by atoms with van der Waals surface area (Å²) in [6.45, 7) is 8.61. The minimum absolute atomic E-state index is 0.242. The Labute approximate surface area is 255 Å². The van der Waals surface area contributed by atoms with Gasteiger partial charge in [0, 0.05) is 36.5 Å². The predicted octanol–water partition coefficient (Wildman–Crippen LogP) is 5.97. The summed E-state index contributed by atoms with van der Waals surface area (Å²) < 4.78 is 28.4. The van der Waals surface area contributed by atoms with E-state index in [-0.39, 0.29) is 35.1 Å². The smallest absolute Gasteiger partial charge is 0.329 e. The molecular formula is C34H38FN3O6. The number of hydrogen-bond donors (Lipinski definition) is 2. The van der Waals surface area contributed by atoms with Crippen molar-refractivity contribution < 1.29 is 28.6 Å². The molecule has 2 aromatic carbocycles. The van der Waals surface area contributed by atoms with E-state index in [1.807, 2.05) is 6.07 Å². The van der Waals surface area contributed by atoms with Crippen LogP contribution in [0.1, 0.15) is 63.1 Å². The Kier molecular flexibility index (Phi) is 8.40. The van der Waals surface area contributed by atoms with E-state index in [2.05, 4.69) is 5.32 Å². The monoisotopic (exact) mass is 603 g/mol. The first-order valence-corrected chi connectivity index (χ1v) is 14.8. The van der Waals surface area contributed by atoms with Gasteiger partial charge in [-0.1, -0.05) is 12.1 Å². The van der Waals surface area contributed by atoms with Crippen LogP contribution in [0, 0.1) is 19.7 Å². The third-order valence-corrected chi connectivity index (χ3v) is 8.30. The first kappa shape index (κ1) is 31.0. The summed E-state index contributed by atoms with van der Waals surface area (Å²) in [6, 6.07) is 8.93. The lowest BCUT2D eigenvalue weighted by atomic mass is 9.91. The summed E-state index contributed by atoms with van der Waals surface area (Å²) in [5.74, 6) is 0.636. The molecule has 10 heteroatoms. The quantitative estimate of drug-likeness (QED) is 0.254. The number of aliphatic hydroxyl groups is 1. The van der Waals surface area contributed by atoms with Crippen molar-refractivity contribution in [3.05, 3.63) is 87.2 Å². The largest absolute Gasteiger partial charge is 0.490 e. The van der Waals surface area contributed by atoms with Crippen LogP contribution >= 0.6 is 0 Å². The first-order valence-electron chi connectivity index (χ1n) is 14.8. The average molecular weight is 604 g/mol. The zero-order chi connectivity index (χ0) is 31.9. The van der Waals surface area contributed by atoms with Crippen molar-refractivity contribution in [2.24, 2.45) is 7.05 Å². The van der Waals surface area contributed by atoms with Gasteiger partial charge in [0.1, 0.15) is 28.8 Å². The van der Waals surface area contributed by atoms with Crippen molar-refractivity contribution in [1.82, 2.24) is 14.8 Å². The van der Waals surface area contributed by atoms with Crippen LogP contribution < -0.4 is 20.3 Å². The lowest BCUT2D eigenvalue weighted by Gasteiger charge is -2.33. The highest BCUT2D eigenvalue weighted by Crippen LogP contribution is 2.42. The molecule has 1 aliphatic carbocycles. The number of carbonyl (C=O) groups is 2. The first-order chi connectivity index (χ1) is 20.8. The molecule has 2 aliphatic rings. The number of halogens is 1. The second-order valence-electron chi connectivity index (χ2n) is 12.1. The molecule has 1 aromatic heterocycles. The van der Waals surface area contributed by atoms with Crippen molar-refractivity contribution in [1.29, 1.82) is 0 Å². The van der Waals surface area contributed by atoms with E-state index in [4.69, 9.17) is 9.47 Å². The summed E-state index contributed by atoms with van der Waals surface area (Å²) >= 11 is 0. The molecule has 1 saturated carbocycles. The summed E-state index contributed by atoms with van der Waals surface area (Å²) in [4.78, 5) is 39.2. The normalized spacial score (nSPS) is 19.8. The van der Waals surface area contributed by atoms with Gasteiger partial charge < -0.3 is 24.5 Å². The number of urea groups is 1. The second kappa shape index (κ2) is 11.9. The van der Waals surface area contributed by atoms with Crippen molar-refractivity contribution in [3.63, 3.8) is 0 Å². The second-order valence-corrected chi connectivity index (χ2v) is 12.1. The molecule has 2 N–H and O–H groups in total. The van der Waals surface area contributed by atoms with Crippen LogP contribution in [-0.4, -0.2) is 38.7 Å². The fourth-order valence-corrected chi connectivity index (χ4v) is 5.87. The Morgan fingerprint density at radius 3 is 2.23 bits per heavy atom. The van der Waals surface area contributed by atoms with E-state index in [1.54, 1.807) is 66.1 Å². The minimum Gasteiger partial charge on any atom is -0.490 e. The number of allylic oxidation sites excluding steroid dienone is 1. The maximum Gasteiger partial charge on any atom is 0.329 e. The summed E-state index contributed by atoms with van der Waals surface area (Å²) in [7, 11) is 1.65. The molecule has 44 heavy (non-hydrogen) atoms. The van der Waals surface area contributed by atoms with Gasteiger partial charge in [-0.25, -0.2) is 9.18 Å². The van der Waals surface area contributed by atoms with E-state index < -0.39 is 11.6 Å². The van der Waals surface area contributed by atoms with Crippen molar-refractivity contribution >= 4 is 11.9 Å². The SMILES string of the molecule is CC=C1NC(=O)N([C@H]2CC[C@H](Oc3cc(=O)n(C)cc3-c3cc(C(C)(C)O)ccc3Oc3c(C)cc(F)cc3C)CC2)C1=O. The molecule has 3 amide bonds. The third-order valence-electron chi connectivity index (χ3n) is 8.30. The van der Waals surface area contributed by atoms with Crippen molar-refractivity contribution in [2.75, 3.05) is 0 Å². The van der Waals surface area contributed by atoms with Crippen molar-refractivity contribution in [2.45, 2.75) is 78.0 Å². The van der Waals surface area contributed by atoms with Crippen LogP contribution in [0.5, 0.6) is 17.2 Å². The van der Waals surface area contributed by atoms with Gasteiger partial charge in [0.05, 0.1) is 11.7 Å². The van der Waals surface area contributed by atoms with Gasteiger partial charge in [-0.3, -0.25) is 14.5 Å². The van der Waals surface area contributed by atoms with E-state index in [9.17, 15) is 23.9 Å². The van der Waals surface area contributed by atoms with E-state index in [0.29, 0.717) is 70.7 Å². The number of imide groups is 1. The van der Waals surface area contributed by atoms with Gasteiger partial charge in [0.2, 0.25) is 0 Å². The number of hydrogen-bond acceptors (Lipinski definition) is 6. The molecule has 0 atom stereocenters. The molecule has 0 unspecified atom stereocenters. The number of ether oxygens (including phenoxy) is 2. The van der Waals surface area contributed by atoms with E-state index >= 15 is 0 Å². The van der Waals surface area contributed by atoms with Gasteiger partial charge in [-0.05, 0) is 101 Å². The highest BCUT2D eigenvalue weighted by molar-refractivity contribution is 6.11. The van der Waals surface area contributed by atoms with Gasteiger partial charge in [-0.15, -0.1) is 0 Å². The lowest BCUT2D eigenvalue weighted by Crippen LogP contribution is -2.43. The standard InChI is InChI=1S/C34H38FN3O6/c1-7-27-32(40)38(33(41)36-27)23-9-11-24(12-10-23)43-29-17-30(39)37(6)18-26(29)25-16-21(34(4,5)42)8-13-28(25)44-31-19(2)14-22(35)15-20(31)3/h7-8,13-18,23-24,42H,9-12H2,1-6H3,(H,36,41)/t23-,24-. The molecular weight excluding hydrogens is 565 g/mol. The van der Waals surface area contributed by atoms with Gasteiger partial charge in [0.25, 0.3) is 11.5 Å². The number of nitrogens with zero attached hydrogens (tertiary/aromatic N) is 2. The topological polar surface area (TPSA) is 110 Å². The Balaban J connectivity index is 1.49. The summed E-state index contributed by atoms with van der Waals surface area (Å²) in [5, 5.41) is 13.5. The van der Waals surface area contributed by atoms with Gasteiger partial charge in [-0.2, -0.15) is 0 Å². The maximum absolute atomic E-state index is 14.0. The number of rotatable bonds is 7. The molecule has 9 nitrogen and oxygen atoms in total. The van der Waals surface area contributed by atoms with Crippen LogP contribution in [-0.2, 0) is 17.4 Å². The molecule has 1 saturated heterocycles. The number of carbonyl (C=O) groups excluding carboxylic acids is 2. The number of amides is 3. The zero-order valence-electron chi connectivity index (χ0n) is 25.9. The zero-order valence-corrected chi connectivity index (χ0v) is 25.9. The Bertz CT molecular complexity index is 1690. The fourth-order valence-electron chi connectivity index (χ4n) is 5.87. The van der Waals surface area contributed by atoms with Crippen LogP contribution in [0.4, 0.5) is 9.18 Å². The summed E-state index contributed by atoms with van der Waals surface area (Å²) in [5.41, 5.74) is 1.91. The minimum atomic E-state index is -1.17. The van der Waals surface area contributed by atoms with Crippen molar-refractivity contribution in [3.8, 4) is 28.4 Å². The molecule has 232 valence electrons. The molecule has 0 radical (unpaired) electrons. The number of pyridine rings is 1. The molecule has 2 fully saturated rings. The van der Waals surface area contributed by atoms with Gasteiger partial charge in [0.15, 0.2) is 0 Å². The fraction of sp³-hybridized carbons (Fsp3) is 0.382. The Hall–Kier alpha value is -4.44. The molecule has 0 bridgehead atoms. The molecule has 5 rings (SSSR count). The van der Waals surface area contributed by atoms with Crippen LogP contribution in [0.3, 0.4) is 0 Å². The van der Waals surface area contributed by atoms with Crippen LogP contribution in [0.25, 0.3) is 11.1 Å². The van der Waals surface area contributed by atoms with E-state index in [1.165, 1.54) is 27.7 Å². The molecule has 1 aliphatic heterocycles. The Morgan fingerprint density at radius 2 is 1.64 bits per heavy atom. The lowest BCUT2D eigenvalue weighted by molar-refractivity contribution is -0.125. The highest BCUT2D eigenvalue weighted by Gasteiger charge is 2.40. The third kappa shape index (κ3) is 6.12. The molecule has 3 aromatic rings. The van der Waals surface area contributed by atoms with E-state index in [0.717, 1.165) is 0 Å². The molecule has 2 heterocycles. The highest BCUT2D eigenvalue weighted by atomic mass is 19.1. The number of nitrogens with one attached hydrogen (secondary N) is 1. The number of aryl methyl sites for hydroxylation is 3. The van der Waals surface area contributed by atoms with Gasteiger partial charge >= 0.3 is 6.03 Å². The van der Waals surface area contributed by atoms with Crippen LogP contribution in [0.2, 0.25) is 0 Å². The molecule has 0 spiro atoms. The maximum atomic E-state index is 14.0. The number of benzene rings is 2. The Morgan fingerprint density at radius 1 is 0.977 bits per heavy atom. The number of aromatic nitrogens is 1. The van der Waals surface area contributed by atoms with Crippen LogP contribution in [0.15, 0.2) is 59.2 Å².